The largest absolute Gasteiger partial charge is 0.335 e. The summed E-state index contributed by atoms with van der Waals surface area (Å²) in [6.45, 7) is 1.96. The first-order chi connectivity index (χ1) is 7.20. The molecule has 1 N–H and O–H groups in total. The van der Waals surface area contributed by atoms with E-state index in [9.17, 15) is 4.79 Å². The van der Waals surface area contributed by atoms with Gasteiger partial charge in [-0.3, -0.25) is 4.79 Å². The van der Waals surface area contributed by atoms with Crippen LogP contribution in [0.25, 0.3) is 0 Å². The van der Waals surface area contributed by atoms with Gasteiger partial charge in [0.05, 0.1) is 10.9 Å². The first-order valence-corrected chi connectivity index (χ1v) is 5.79. The van der Waals surface area contributed by atoms with Crippen LogP contribution in [-0.4, -0.2) is 11.9 Å². The van der Waals surface area contributed by atoms with Gasteiger partial charge < -0.3 is 5.32 Å². The molecule has 15 heavy (non-hydrogen) atoms. The number of hydrogen-bond donors (Lipinski definition) is 1. The van der Waals surface area contributed by atoms with E-state index in [2.05, 4.69) is 11.4 Å². The number of nitrogens with zero attached hydrogens (tertiary/aromatic N) is 1. The zero-order chi connectivity index (χ0) is 10.8. The molecule has 1 aliphatic carbocycles. The molecule has 1 atom stereocenters. The van der Waals surface area contributed by atoms with Gasteiger partial charge in [-0.1, -0.05) is 0 Å². The lowest BCUT2D eigenvalue weighted by Crippen LogP contribution is -2.34. The lowest BCUT2D eigenvalue weighted by Gasteiger charge is -2.08. The Morgan fingerprint density at radius 3 is 2.87 bits per heavy atom. The van der Waals surface area contributed by atoms with Gasteiger partial charge in [0.25, 0.3) is 5.91 Å². The summed E-state index contributed by atoms with van der Waals surface area (Å²) in [6.07, 6.45) is 2.12. The Labute approximate surface area is 92.7 Å². The average Bonchev–Trinajstić information content (AvgIpc) is 2.97. The lowest BCUT2D eigenvalue weighted by atomic mass is 10.2. The number of nitrogens with one attached hydrogen (secondary N) is 1. The summed E-state index contributed by atoms with van der Waals surface area (Å²) < 4.78 is 0. The molecule has 0 saturated heterocycles. The zero-order valence-electron chi connectivity index (χ0n) is 8.49. The molecule has 1 heterocycles. The summed E-state index contributed by atoms with van der Waals surface area (Å²) in [6, 6.07) is 5.56. The minimum absolute atomic E-state index is 0.119. The molecule has 1 saturated carbocycles. The SMILES string of the molecule is Cc1ccc(C(=O)NC(C#N)C2CC2)s1. The Kier molecular flexibility index (Phi) is 2.74. The molecule has 3 nitrogen and oxygen atoms in total. The van der Waals surface area contributed by atoms with Crippen molar-refractivity contribution in [3.63, 3.8) is 0 Å². The topological polar surface area (TPSA) is 52.9 Å². The number of amides is 1. The van der Waals surface area contributed by atoms with Crippen molar-refractivity contribution in [1.82, 2.24) is 5.32 Å². The van der Waals surface area contributed by atoms with E-state index in [1.807, 2.05) is 13.0 Å². The molecule has 4 heteroatoms. The van der Waals surface area contributed by atoms with Crippen molar-refractivity contribution in [2.24, 2.45) is 5.92 Å². The van der Waals surface area contributed by atoms with Crippen LogP contribution in [0.4, 0.5) is 0 Å². The number of aryl methyl sites for hydroxylation is 1. The fourth-order valence-corrected chi connectivity index (χ4v) is 2.22. The van der Waals surface area contributed by atoms with Crippen molar-refractivity contribution in [3.05, 3.63) is 21.9 Å². The molecule has 0 radical (unpaired) electrons. The van der Waals surface area contributed by atoms with Gasteiger partial charge in [0.15, 0.2) is 0 Å². The second kappa shape index (κ2) is 4.03. The number of nitriles is 1. The van der Waals surface area contributed by atoms with Crippen LogP contribution in [0.15, 0.2) is 12.1 Å². The molecular formula is C11H12N2OS. The van der Waals surface area contributed by atoms with Gasteiger partial charge >= 0.3 is 0 Å². The molecule has 0 aromatic carbocycles. The average molecular weight is 220 g/mol. The molecule has 1 amide bonds. The summed E-state index contributed by atoms with van der Waals surface area (Å²) in [7, 11) is 0. The molecule has 1 aromatic rings. The highest BCUT2D eigenvalue weighted by molar-refractivity contribution is 7.13. The maximum atomic E-state index is 11.7. The van der Waals surface area contributed by atoms with Crippen LogP contribution in [0.5, 0.6) is 0 Å². The smallest absolute Gasteiger partial charge is 0.262 e. The van der Waals surface area contributed by atoms with Crippen LogP contribution in [0.1, 0.15) is 27.4 Å². The third kappa shape index (κ3) is 2.37. The highest BCUT2D eigenvalue weighted by Gasteiger charge is 2.32. The third-order valence-corrected chi connectivity index (χ3v) is 3.48. The standard InChI is InChI=1S/C11H12N2OS/c1-7-2-5-10(15-7)11(14)13-9(6-12)8-3-4-8/h2,5,8-9H,3-4H2,1H3,(H,13,14). The normalized spacial score (nSPS) is 16.8. The number of carbonyl (C=O) groups excluding carboxylic acids is 1. The second-order valence-electron chi connectivity index (χ2n) is 3.83. The van der Waals surface area contributed by atoms with Gasteiger partial charge in [-0.05, 0) is 37.8 Å². The van der Waals surface area contributed by atoms with E-state index in [1.54, 1.807) is 6.07 Å². The number of hydrogen-bond acceptors (Lipinski definition) is 3. The number of thiophene rings is 1. The lowest BCUT2D eigenvalue weighted by molar-refractivity contribution is 0.0946. The van der Waals surface area contributed by atoms with E-state index >= 15 is 0 Å². The fourth-order valence-electron chi connectivity index (χ4n) is 1.45. The predicted molar refractivity (Wildman–Crippen MR) is 58.6 cm³/mol. The molecule has 78 valence electrons. The van der Waals surface area contributed by atoms with E-state index in [0.717, 1.165) is 17.7 Å². The van der Waals surface area contributed by atoms with Crippen LogP contribution in [-0.2, 0) is 0 Å². The molecule has 1 fully saturated rings. The molecule has 1 unspecified atom stereocenters. The Bertz CT molecular complexity index is 414. The third-order valence-electron chi connectivity index (χ3n) is 2.48. The number of rotatable bonds is 3. The summed E-state index contributed by atoms with van der Waals surface area (Å²) >= 11 is 1.46. The summed E-state index contributed by atoms with van der Waals surface area (Å²) in [5, 5.41) is 11.6. The molecule has 2 rings (SSSR count). The minimum Gasteiger partial charge on any atom is -0.335 e. The van der Waals surface area contributed by atoms with E-state index in [0.29, 0.717) is 10.8 Å². The summed E-state index contributed by atoms with van der Waals surface area (Å²) in [5.74, 6) is 0.256. The first-order valence-electron chi connectivity index (χ1n) is 4.97. The number of carbonyl (C=O) groups is 1. The highest BCUT2D eigenvalue weighted by Crippen LogP contribution is 2.32. The van der Waals surface area contributed by atoms with Gasteiger partial charge in [0.1, 0.15) is 6.04 Å². The Morgan fingerprint density at radius 1 is 1.67 bits per heavy atom. The fraction of sp³-hybridized carbons (Fsp3) is 0.455. The molecule has 0 aliphatic heterocycles. The molecule has 0 spiro atoms. The maximum absolute atomic E-state index is 11.7. The Morgan fingerprint density at radius 2 is 2.40 bits per heavy atom. The second-order valence-corrected chi connectivity index (χ2v) is 5.12. The highest BCUT2D eigenvalue weighted by atomic mass is 32.1. The van der Waals surface area contributed by atoms with Crippen molar-refractivity contribution in [1.29, 1.82) is 5.26 Å². The molecule has 1 aromatic heterocycles. The van der Waals surface area contributed by atoms with Crippen molar-refractivity contribution in [2.45, 2.75) is 25.8 Å². The summed E-state index contributed by atoms with van der Waals surface area (Å²) in [5.41, 5.74) is 0. The Hall–Kier alpha value is -1.34. The quantitative estimate of drug-likeness (QED) is 0.848. The van der Waals surface area contributed by atoms with Crippen LogP contribution in [0.3, 0.4) is 0 Å². The van der Waals surface area contributed by atoms with Crippen molar-refractivity contribution in [2.75, 3.05) is 0 Å². The van der Waals surface area contributed by atoms with Crippen LogP contribution >= 0.6 is 11.3 Å². The molecule has 0 bridgehead atoms. The van der Waals surface area contributed by atoms with Crippen molar-refractivity contribution in [3.8, 4) is 6.07 Å². The van der Waals surface area contributed by atoms with E-state index < -0.39 is 0 Å². The Balaban J connectivity index is 2.00. The maximum Gasteiger partial charge on any atom is 0.262 e. The zero-order valence-corrected chi connectivity index (χ0v) is 9.30. The van der Waals surface area contributed by atoms with Gasteiger partial charge in [0.2, 0.25) is 0 Å². The minimum atomic E-state index is -0.306. The van der Waals surface area contributed by atoms with Crippen molar-refractivity contribution < 1.29 is 4.79 Å². The van der Waals surface area contributed by atoms with Gasteiger partial charge in [-0.15, -0.1) is 11.3 Å². The monoisotopic (exact) mass is 220 g/mol. The van der Waals surface area contributed by atoms with Crippen molar-refractivity contribution >= 4 is 17.2 Å². The van der Waals surface area contributed by atoms with Gasteiger partial charge in [-0.2, -0.15) is 5.26 Å². The molecule has 1 aliphatic rings. The van der Waals surface area contributed by atoms with Gasteiger partial charge in [0, 0.05) is 4.88 Å². The predicted octanol–water partition coefficient (Wildman–Crippen LogP) is 2.09. The molecular weight excluding hydrogens is 208 g/mol. The van der Waals surface area contributed by atoms with E-state index in [-0.39, 0.29) is 11.9 Å². The van der Waals surface area contributed by atoms with E-state index in [1.165, 1.54) is 11.3 Å². The summed E-state index contributed by atoms with van der Waals surface area (Å²) in [4.78, 5) is 13.5. The van der Waals surface area contributed by atoms with Crippen LogP contribution in [0.2, 0.25) is 0 Å². The van der Waals surface area contributed by atoms with Gasteiger partial charge in [-0.25, -0.2) is 0 Å². The van der Waals surface area contributed by atoms with E-state index in [4.69, 9.17) is 5.26 Å². The van der Waals surface area contributed by atoms with Crippen LogP contribution in [0, 0.1) is 24.2 Å². The first kappa shape index (κ1) is 10.2. The van der Waals surface area contributed by atoms with Crippen LogP contribution < -0.4 is 5.32 Å².